The van der Waals surface area contributed by atoms with Crippen LogP contribution >= 0.6 is 11.6 Å². The number of hydrogen-bond acceptors (Lipinski definition) is 3. The normalized spacial score (nSPS) is 11.7. The largest absolute Gasteiger partial charge is 0.332 e. The predicted octanol–water partition coefficient (Wildman–Crippen LogP) is 1.37. The van der Waals surface area contributed by atoms with E-state index < -0.39 is 15.8 Å². The van der Waals surface area contributed by atoms with E-state index in [9.17, 15) is 12.8 Å². The molecule has 18 heavy (non-hydrogen) atoms. The maximum Gasteiger partial charge on any atom is 0.257 e. The third-order valence-corrected chi connectivity index (χ3v) is 3.50. The fourth-order valence-electron chi connectivity index (χ4n) is 1.44. The van der Waals surface area contributed by atoms with E-state index in [-0.39, 0.29) is 16.6 Å². The molecule has 0 aliphatic rings. The summed E-state index contributed by atoms with van der Waals surface area (Å²) in [6.45, 7) is 0.207. The minimum atomic E-state index is -3.83. The molecule has 0 unspecified atom stereocenters. The average Bonchev–Trinajstić information content (AvgIpc) is 2.73. The van der Waals surface area contributed by atoms with E-state index in [1.165, 1.54) is 29.2 Å². The highest BCUT2D eigenvalue weighted by molar-refractivity contribution is 7.89. The van der Waals surface area contributed by atoms with Gasteiger partial charge in [-0.1, -0.05) is 23.7 Å². The fourth-order valence-corrected chi connectivity index (χ4v) is 2.10. The van der Waals surface area contributed by atoms with Crippen molar-refractivity contribution in [1.82, 2.24) is 9.55 Å². The van der Waals surface area contributed by atoms with E-state index in [2.05, 4.69) is 4.98 Å². The molecular weight excluding hydrogens is 281 g/mol. The van der Waals surface area contributed by atoms with Gasteiger partial charge in [0, 0.05) is 6.20 Å². The molecule has 2 rings (SSSR count). The molecule has 0 saturated carbocycles. The van der Waals surface area contributed by atoms with Crippen LogP contribution in [0.3, 0.4) is 0 Å². The highest BCUT2D eigenvalue weighted by Crippen LogP contribution is 2.20. The van der Waals surface area contributed by atoms with Gasteiger partial charge in [0.25, 0.3) is 10.0 Å². The molecule has 2 N–H and O–H groups in total. The summed E-state index contributed by atoms with van der Waals surface area (Å²) in [6, 6.07) is 4.41. The number of nitrogens with two attached hydrogens (primary N) is 1. The number of halogens is 2. The first-order chi connectivity index (χ1) is 8.38. The minimum absolute atomic E-state index is 0.00311. The molecule has 8 heteroatoms. The molecule has 2 aromatic rings. The molecular formula is C10H9ClFN3O2S. The van der Waals surface area contributed by atoms with Crippen molar-refractivity contribution in [2.75, 3.05) is 0 Å². The quantitative estimate of drug-likeness (QED) is 0.927. The Kier molecular flexibility index (Phi) is 3.38. The first-order valence-electron chi connectivity index (χ1n) is 4.85. The van der Waals surface area contributed by atoms with Gasteiger partial charge in [-0.2, -0.15) is 0 Å². The van der Waals surface area contributed by atoms with Crippen molar-refractivity contribution < 1.29 is 12.8 Å². The predicted molar refractivity (Wildman–Crippen MR) is 64.1 cm³/mol. The molecule has 0 radical (unpaired) electrons. The van der Waals surface area contributed by atoms with Crippen LogP contribution in [0, 0.1) is 5.82 Å². The van der Waals surface area contributed by atoms with Crippen molar-refractivity contribution in [3.05, 3.63) is 47.1 Å². The van der Waals surface area contributed by atoms with Crippen LogP contribution < -0.4 is 5.14 Å². The minimum Gasteiger partial charge on any atom is -0.332 e. The Morgan fingerprint density at radius 1 is 1.44 bits per heavy atom. The number of rotatable bonds is 3. The van der Waals surface area contributed by atoms with E-state index in [4.69, 9.17) is 16.7 Å². The standard InChI is InChI=1S/C10H9ClFN3O2S/c11-10-7(2-1-3-8(10)12)4-15-5-9(14-6-15)18(13,16)17/h1-3,5-6H,4H2,(H2,13,16,17). The summed E-state index contributed by atoms with van der Waals surface area (Å²) in [6.07, 6.45) is 2.55. The molecule has 0 bridgehead atoms. The molecule has 0 spiro atoms. The lowest BCUT2D eigenvalue weighted by Gasteiger charge is -2.05. The van der Waals surface area contributed by atoms with Crippen LogP contribution in [0.1, 0.15) is 5.56 Å². The van der Waals surface area contributed by atoms with Crippen LogP contribution in [-0.2, 0) is 16.6 Å². The third kappa shape index (κ3) is 2.69. The summed E-state index contributed by atoms with van der Waals surface area (Å²) < 4.78 is 36.7. The highest BCUT2D eigenvalue weighted by atomic mass is 35.5. The SMILES string of the molecule is NS(=O)(=O)c1cn(Cc2cccc(F)c2Cl)cn1. The summed E-state index contributed by atoms with van der Waals surface area (Å²) in [5.74, 6) is -0.527. The maximum atomic E-state index is 13.2. The average molecular weight is 290 g/mol. The molecule has 0 fully saturated rings. The van der Waals surface area contributed by atoms with E-state index in [1.54, 1.807) is 6.07 Å². The Bertz CT molecular complexity index is 684. The van der Waals surface area contributed by atoms with Crippen LogP contribution in [0.5, 0.6) is 0 Å². The Balaban J connectivity index is 2.30. The molecule has 1 aromatic heterocycles. The number of primary sulfonamides is 1. The Labute approximate surface area is 108 Å². The Morgan fingerprint density at radius 2 is 2.17 bits per heavy atom. The zero-order valence-corrected chi connectivity index (χ0v) is 10.6. The van der Waals surface area contributed by atoms with Gasteiger partial charge in [-0.05, 0) is 11.6 Å². The molecule has 96 valence electrons. The molecule has 0 amide bonds. The van der Waals surface area contributed by atoms with E-state index >= 15 is 0 Å². The fraction of sp³-hybridized carbons (Fsp3) is 0.100. The zero-order valence-electron chi connectivity index (χ0n) is 9.05. The Hall–Kier alpha value is -1.44. The van der Waals surface area contributed by atoms with Gasteiger partial charge in [-0.3, -0.25) is 0 Å². The molecule has 1 aromatic carbocycles. The van der Waals surface area contributed by atoms with E-state index in [1.807, 2.05) is 0 Å². The zero-order chi connectivity index (χ0) is 13.3. The van der Waals surface area contributed by atoms with Crippen molar-refractivity contribution >= 4 is 21.6 Å². The monoisotopic (exact) mass is 289 g/mol. The second-order valence-electron chi connectivity index (χ2n) is 3.64. The molecule has 0 saturated heterocycles. The first kappa shape index (κ1) is 13.0. The van der Waals surface area contributed by atoms with Gasteiger partial charge in [0.15, 0.2) is 5.03 Å². The summed E-state index contributed by atoms with van der Waals surface area (Å²) >= 11 is 5.79. The van der Waals surface area contributed by atoms with Gasteiger partial charge in [0.05, 0.1) is 17.9 Å². The number of sulfonamides is 1. The van der Waals surface area contributed by atoms with Crippen molar-refractivity contribution in [2.45, 2.75) is 11.6 Å². The lowest BCUT2D eigenvalue weighted by atomic mass is 10.2. The molecule has 1 heterocycles. The highest BCUT2D eigenvalue weighted by Gasteiger charge is 2.12. The van der Waals surface area contributed by atoms with Gasteiger partial charge in [-0.15, -0.1) is 0 Å². The Morgan fingerprint density at radius 3 is 2.78 bits per heavy atom. The van der Waals surface area contributed by atoms with Crippen LogP contribution in [-0.4, -0.2) is 18.0 Å². The number of aromatic nitrogens is 2. The summed E-state index contributed by atoms with van der Waals surface area (Å²) in [7, 11) is -3.83. The van der Waals surface area contributed by atoms with Crippen molar-refractivity contribution in [1.29, 1.82) is 0 Å². The number of nitrogens with zero attached hydrogens (tertiary/aromatic N) is 2. The van der Waals surface area contributed by atoms with Crippen molar-refractivity contribution in [2.24, 2.45) is 5.14 Å². The number of benzene rings is 1. The summed E-state index contributed by atoms with van der Waals surface area (Å²) in [5.41, 5.74) is 0.523. The molecule has 0 aliphatic carbocycles. The number of hydrogen-bond donors (Lipinski definition) is 1. The number of imidazole rings is 1. The topological polar surface area (TPSA) is 78.0 Å². The van der Waals surface area contributed by atoms with Gasteiger partial charge in [0.2, 0.25) is 0 Å². The van der Waals surface area contributed by atoms with Crippen molar-refractivity contribution in [3.8, 4) is 0 Å². The van der Waals surface area contributed by atoms with Crippen LogP contribution in [0.4, 0.5) is 4.39 Å². The van der Waals surface area contributed by atoms with Crippen LogP contribution in [0.25, 0.3) is 0 Å². The second kappa shape index (κ2) is 4.68. The lowest BCUT2D eigenvalue weighted by Crippen LogP contribution is -2.12. The summed E-state index contributed by atoms with van der Waals surface area (Å²) in [5, 5.41) is 4.69. The molecule has 5 nitrogen and oxygen atoms in total. The molecule has 0 atom stereocenters. The van der Waals surface area contributed by atoms with Crippen LogP contribution in [0.2, 0.25) is 5.02 Å². The van der Waals surface area contributed by atoms with Crippen molar-refractivity contribution in [3.63, 3.8) is 0 Å². The van der Waals surface area contributed by atoms with Gasteiger partial charge in [-0.25, -0.2) is 22.9 Å². The maximum absolute atomic E-state index is 13.2. The van der Waals surface area contributed by atoms with Gasteiger partial charge in [0.1, 0.15) is 5.82 Å². The van der Waals surface area contributed by atoms with E-state index in [0.717, 1.165) is 0 Å². The second-order valence-corrected chi connectivity index (χ2v) is 5.53. The molecule has 0 aliphatic heterocycles. The third-order valence-electron chi connectivity index (χ3n) is 2.29. The van der Waals surface area contributed by atoms with Gasteiger partial charge < -0.3 is 4.57 Å². The van der Waals surface area contributed by atoms with E-state index in [0.29, 0.717) is 5.56 Å². The summed E-state index contributed by atoms with van der Waals surface area (Å²) in [4.78, 5) is 3.65. The lowest BCUT2D eigenvalue weighted by molar-refractivity contribution is 0.594. The first-order valence-corrected chi connectivity index (χ1v) is 6.78. The smallest absolute Gasteiger partial charge is 0.257 e. The van der Waals surface area contributed by atoms with Crippen LogP contribution in [0.15, 0.2) is 35.7 Å². The van der Waals surface area contributed by atoms with Gasteiger partial charge >= 0.3 is 0 Å².